The van der Waals surface area contributed by atoms with Gasteiger partial charge < -0.3 is 20.6 Å². The van der Waals surface area contributed by atoms with Crippen molar-refractivity contribution in [3.05, 3.63) is 94.3 Å². The molecule has 3 aromatic carbocycles. The van der Waals surface area contributed by atoms with Crippen molar-refractivity contribution in [3.63, 3.8) is 0 Å². The molecule has 0 bridgehead atoms. The van der Waals surface area contributed by atoms with Crippen molar-refractivity contribution in [3.8, 4) is 0 Å². The summed E-state index contributed by atoms with van der Waals surface area (Å²) in [6.45, 7) is 1.13. The molecule has 1 aliphatic carbocycles. The number of aliphatic hydroxyl groups excluding tert-OH is 1. The van der Waals surface area contributed by atoms with Crippen LogP contribution < -0.4 is 10.6 Å². The van der Waals surface area contributed by atoms with Gasteiger partial charge in [0.2, 0.25) is 5.91 Å². The fourth-order valence-corrected chi connectivity index (χ4v) is 6.33. The minimum Gasteiger partial charge on any atom is -0.392 e. The smallest absolute Gasteiger partial charge is 0.392 e. The lowest BCUT2D eigenvalue weighted by molar-refractivity contribution is -0.138. The molecule has 0 aromatic heterocycles. The van der Waals surface area contributed by atoms with Crippen LogP contribution >= 0.6 is 0 Å². The van der Waals surface area contributed by atoms with Gasteiger partial charge in [-0.15, -0.1) is 0 Å². The highest BCUT2D eigenvalue weighted by molar-refractivity contribution is 5.98. The van der Waals surface area contributed by atoms with Gasteiger partial charge in [0.1, 0.15) is 5.82 Å². The molecule has 2 fully saturated rings. The summed E-state index contributed by atoms with van der Waals surface area (Å²) in [5, 5.41) is 15.5. The van der Waals surface area contributed by atoms with Gasteiger partial charge in [-0.25, -0.2) is 4.39 Å². The molecule has 43 heavy (non-hydrogen) atoms. The summed E-state index contributed by atoms with van der Waals surface area (Å²) in [4.78, 5) is 29.1. The first-order valence-corrected chi connectivity index (χ1v) is 14.6. The molecule has 3 N–H and O–H groups in total. The van der Waals surface area contributed by atoms with Crippen LogP contribution in [0.4, 0.5) is 28.9 Å². The fraction of sp³-hybridized carbons (Fsp3) is 0.394. The van der Waals surface area contributed by atoms with Crippen LogP contribution in [-0.2, 0) is 17.6 Å². The number of carbonyl (C=O) groups excluding carboxylic acids is 2. The monoisotopic (exact) mass is 597 g/mol. The topological polar surface area (TPSA) is 81.7 Å². The molecule has 1 aliphatic heterocycles. The lowest BCUT2D eigenvalue weighted by Gasteiger charge is -2.41. The average molecular weight is 598 g/mol. The van der Waals surface area contributed by atoms with Gasteiger partial charge in [-0.1, -0.05) is 43.2 Å². The van der Waals surface area contributed by atoms with Crippen molar-refractivity contribution < 1.29 is 32.3 Å². The molecule has 228 valence electrons. The Bertz CT molecular complexity index is 1450. The SMILES string of the molecule is Cc1cccc(F)c1C(=O)N1CCCC(C(=O)Nc2ccc(CO)c(C(F)(F)F)c2)C1c1ccc(NC2CCCC2)cc1. The Morgan fingerprint density at radius 2 is 1.65 bits per heavy atom. The molecular formula is C33H35F4N3O3. The third-order valence-corrected chi connectivity index (χ3v) is 8.50. The lowest BCUT2D eigenvalue weighted by Crippen LogP contribution is -2.46. The quantitative estimate of drug-likeness (QED) is 0.251. The van der Waals surface area contributed by atoms with Crippen molar-refractivity contribution in [1.29, 1.82) is 0 Å². The van der Waals surface area contributed by atoms with Gasteiger partial charge in [-0.05, 0) is 79.6 Å². The first-order valence-electron chi connectivity index (χ1n) is 14.6. The molecule has 0 spiro atoms. The minimum absolute atomic E-state index is 0.0671. The van der Waals surface area contributed by atoms with E-state index in [9.17, 15) is 32.3 Å². The molecule has 10 heteroatoms. The van der Waals surface area contributed by atoms with Crippen LogP contribution in [0.25, 0.3) is 0 Å². The number of benzene rings is 3. The number of aryl methyl sites for hydroxylation is 1. The van der Waals surface area contributed by atoms with Gasteiger partial charge in [0.05, 0.1) is 29.7 Å². The Labute approximate surface area is 248 Å². The maximum absolute atomic E-state index is 14.9. The van der Waals surface area contributed by atoms with Crippen molar-refractivity contribution >= 4 is 23.2 Å². The van der Waals surface area contributed by atoms with E-state index in [-0.39, 0.29) is 23.4 Å². The number of aliphatic hydroxyl groups is 1. The van der Waals surface area contributed by atoms with E-state index in [1.807, 2.05) is 24.3 Å². The fourth-order valence-electron chi connectivity index (χ4n) is 6.33. The van der Waals surface area contributed by atoms with E-state index in [0.717, 1.165) is 30.7 Å². The van der Waals surface area contributed by atoms with Crippen LogP contribution in [-0.4, -0.2) is 34.4 Å². The zero-order valence-electron chi connectivity index (χ0n) is 23.9. The molecule has 3 aromatic rings. The molecule has 2 unspecified atom stereocenters. The summed E-state index contributed by atoms with van der Waals surface area (Å²) in [6, 6.07) is 14.7. The predicted octanol–water partition coefficient (Wildman–Crippen LogP) is 7.23. The number of nitrogens with one attached hydrogen (secondary N) is 2. The number of anilines is 2. The maximum atomic E-state index is 14.9. The van der Waals surface area contributed by atoms with Crippen LogP contribution in [0, 0.1) is 18.7 Å². The van der Waals surface area contributed by atoms with Gasteiger partial charge in [-0.2, -0.15) is 13.2 Å². The Morgan fingerprint density at radius 3 is 2.30 bits per heavy atom. The Balaban J connectivity index is 1.48. The van der Waals surface area contributed by atoms with Gasteiger partial charge in [-0.3, -0.25) is 9.59 Å². The van der Waals surface area contributed by atoms with Gasteiger partial charge in [0, 0.05) is 24.0 Å². The number of amides is 2. The Kier molecular flexibility index (Phi) is 9.05. The molecule has 5 rings (SSSR count). The van der Waals surface area contributed by atoms with Gasteiger partial charge >= 0.3 is 6.18 Å². The summed E-state index contributed by atoms with van der Waals surface area (Å²) >= 11 is 0. The van der Waals surface area contributed by atoms with E-state index in [1.165, 1.54) is 35.9 Å². The molecule has 1 saturated carbocycles. The highest BCUT2D eigenvalue weighted by Crippen LogP contribution is 2.40. The van der Waals surface area contributed by atoms with Gasteiger partial charge in [0.25, 0.3) is 5.91 Å². The van der Waals surface area contributed by atoms with E-state index in [2.05, 4.69) is 10.6 Å². The number of carbonyl (C=O) groups is 2. The zero-order chi connectivity index (χ0) is 30.7. The molecule has 2 atom stereocenters. The summed E-state index contributed by atoms with van der Waals surface area (Å²) in [5.74, 6) is -2.57. The van der Waals surface area contributed by atoms with Crippen LogP contribution in [0.15, 0.2) is 60.7 Å². The summed E-state index contributed by atoms with van der Waals surface area (Å²) in [7, 11) is 0. The Hall–Kier alpha value is -3.92. The maximum Gasteiger partial charge on any atom is 0.416 e. The number of rotatable bonds is 7. The van der Waals surface area contributed by atoms with Gasteiger partial charge in [0.15, 0.2) is 0 Å². The van der Waals surface area contributed by atoms with Crippen LogP contribution in [0.3, 0.4) is 0 Å². The number of nitrogens with zero attached hydrogens (tertiary/aromatic N) is 1. The second kappa shape index (κ2) is 12.8. The van der Waals surface area contributed by atoms with E-state index >= 15 is 0 Å². The first-order chi connectivity index (χ1) is 20.6. The number of hydrogen-bond acceptors (Lipinski definition) is 4. The number of likely N-dealkylation sites (tertiary alicyclic amines) is 1. The number of alkyl halides is 3. The van der Waals surface area contributed by atoms with Crippen LogP contribution in [0.1, 0.15) is 77.2 Å². The standard InChI is InChI=1S/C33H35F4N3O3/c1-20-6-4-10-28(34)29(20)32(43)40-17-5-9-26(30(40)21-11-14-24(15-12-21)38-23-7-2-3-8-23)31(42)39-25-16-13-22(19-41)27(18-25)33(35,36)37/h4,6,10-16,18,23,26,30,38,41H,2-3,5,7-9,17,19H2,1H3,(H,39,42). The molecule has 1 heterocycles. The summed E-state index contributed by atoms with van der Waals surface area (Å²) < 4.78 is 55.8. The second-order valence-corrected chi connectivity index (χ2v) is 11.4. The van der Waals surface area contributed by atoms with E-state index < -0.39 is 47.9 Å². The lowest BCUT2D eigenvalue weighted by atomic mass is 9.83. The molecule has 0 radical (unpaired) electrons. The molecule has 1 saturated heterocycles. The third kappa shape index (κ3) is 6.69. The second-order valence-electron chi connectivity index (χ2n) is 11.4. The zero-order valence-corrected chi connectivity index (χ0v) is 23.9. The number of halogens is 4. The molecule has 2 amide bonds. The van der Waals surface area contributed by atoms with Crippen LogP contribution in [0.5, 0.6) is 0 Å². The van der Waals surface area contributed by atoms with E-state index in [0.29, 0.717) is 30.0 Å². The van der Waals surface area contributed by atoms with Crippen molar-refractivity contribution in [2.24, 2.45) is 5.92 Å². The molecule has 2 aliphatic rings. The normalized spacial score (nSPS) is 19.3. The van der Waals surface area contributed by atoms with Crippen molar-refractivity contribution in [2.75, 3.05) is 17.2 Å². The molecule has 6 nitrogen and oxygen atoms in total. The third-order valence-electron chi connectivity index (χ3n) is 8.50. The first kappa shape index (κ1) is 30.5. The highest BCUT2D eigenvalue weighted by atomic mass is 19.4. The van der Waals surface area contributed by atoms with Crippen molar-refractivity contribution in [2.45, 2.75) is 70.3 Å². The minimum atomic E-state index is -4.72. The summed E-state index contributed by atoms with van der Waals surface area (Å²) in [5.41, 5.74) is 0.578. The van der Waals surface area contributed by atoms with Crippen LogP contribution in [0.2, 0.25) is 0 Å². The van der Waals surface area contributed by atoms with E-state index in [1.54, 1.807) is 13.0 Å². The molecular weight excluding hydrogens is 562 g/mol. The van der Waals surface area contributed by atoms with E-state index in [4.69, 9.17) is 0 Å². The number of hydrogen-bond donors (Lipinski definition) is 3. The highest BCUT2D eigenvalue weighted by Gasteiger charge is 2.41. The predicted molar refractivity (Wildman–Crippen MR) is 156 cm³/mol. The average Bonchev–Trinajstić information content (AvgIpc) is 3.49. The summed E-state index contributed by atoms with van der Waals surface area (Å²) in [6.07, 6.45) is 0.633. The largest absolute Gasteiger partial charge is 0.416 e. The number of piperidine rings is 1. The van der Waals surface area contributed by atoms with Crippen molar-refractivity contribution in [1.82, 2.24) is 4.90 Å². The Morgan fingerprint density at radius 1 is 0.953 bits per heavy atom.